The fraction of sp³-hybridized carbons (Fsp3) is 0.444. The second kappa shape index (κ2) is 11.6. The molecule has 2 N–H and O–H groups in total. The van der Waals surface area contributed by atoms with E-state index >= 15 is 0 Å². The highest BCUT2D eigenvalue weighted by atomic mass is 32.3. The molecule has 0 aliphatic carbocycles. The first-order valence-corrected chi connectivity index (χ1v) is 15.0. The van der Waals surface area contributed by atoms with E-state index in [-0.39, 0.29) is 37.5 Å². The highest BCUT2D eigenvalue weighted by Crippen LogP contribution is 2.36. The van der Waals surface area contributed by atoms with E-state index in [1.165, 1.54) is 24.1 Å². The Bertz CT molecular complexity index is 1190. The Kier molecular flexibility index (Phi) is 8.94. The van der Waals surface area contributed by atoms with Gasteiger partial charge in [-0.05, 0) is 66.7 Å². The highest BCUT2D eigenvalue weighted by molar-refractivity contribution is 8.32. The maximum atomic E-state index is 14.3. The summed E-state index contributed by atoms with van der Waals surface area (Å²) in [4.78, 5) is 39.5. The monoisotopic (exact) mass is 528 g/mol. The molecule has 7 nitrogen and oxygen atoms in total. The van der Waals surface area contributed by atoms with Gasteiger partial charge in [-0.2, -0.15) is 0 Å². The molecule has 10 heteroatoms. The van der Waals surface area contributed by atoms with Gasteiger partial charge in [0.1, 0.15) is 26.0 Å². The number of carbonyl (C=O) groups excluding carboxylic acids is 3. The summed E-state index contributed by atoms with van der Waals surface area (Å²) in [6, 6.07) is 9.35. The molecule has 0 saturated heterocycles. The van der Waals surface area contributed by atoms with Crippen LogP contribution in [0.4, 0.5) is 4.39 Å². The van der Waals surface area contributed by atoms with Gasteiger partial charge in [-0.3, -0.25) is 14.4 Å². The largest absolute Gasteiger partial charge is 0.497 e. The van der Waals surface area contributed by atoms with Gasteiger partial charge in [0.25, 0.3) is 5.91 Å². The van der Waals surface area contributed by atoms with Crippen molar-refractivity contribution in [2.45, 2.75) is 44.3 Å². The summed E-state index contributed by atoms with van der Waals surface area (Å²) in [5.41, 5.74) is 5.48. The third kappa shape index (κ3) is 6.86. The lowest BCUT2D eigenvalue weighted by Gasteiger charge is -2.36. The standard InChI is InChI=1S/C27H34BFN2O5S/c1-35-20-10-11-24(23(29)15-20)36-17-18-7-5-9-21-22(18)16-31(25(21)33)27(28,26(30)34)13-12-19(32)8-6-14-37(2,3)4/h5,7,9-11,15H,6,8,12-14,16-17H2,1-4H3,(H2,30,34). The van der Waals surface area contributed by atoms with E-state index in [2.05, 4.69) is 18.8 Å². The molecule has 198 valence electrons. The van der Waals surface area contributed by atoms with Crippen molar-refractivity contribution in [1.82, 2.24) is 4.90 Å². The molecule has 0 saturated carbocycles. The summed E-state index contributed by atoms with van der Waals surface area (Å²) in [5, 5.41) is 0. The van der Waals surface area contributed by atoms with Crippen LogP contribution in [0.15, 0.2) is 36.4 Å². The SMILES string of the molecule is [B]C(CCC(=O)CCCS(C)(C)C)(C(N)=O)N1Cc2c(COc3ccc(OC)cc3F)cccc2C1=O. The third-order valence-corrected chi connectivity index (χ3v) is 8.01. The maximum absolute atomic E-state index is 14.3. The van der Waals surface area contributed by atoms with E-state index in [9.17, 15) is 18.8 Å². The average molecular weight is 528 g/mol. The molecule has 0 aromatic heterocycles. The average Bonchev–Trinajstić information content (AvgIpc) is 3.18. The quantitative estimate of drug-likeness (QED) is 0.401. The number of nitrogens with zero attached hydrogens (tertiary/aromatic N) is 1. The van der Waals surface area contributed by atoms with Crippen LogP contribution in [0.25, 0.3) is 0 Å². The Labute approximate surface area is 220 Å². The van der Waals surface area contributed by atoms with E-state index in [0.717, 1.165) is 12.2 Å². The van der Waals surface area contributed by atoms with Crippen molar-refractivity contribution in [2.75, 3.05) is 31.6 Å². The summed E-state index contributed by atoms with van der Waals surface area (Å²) in [7, 11) is 7.16. The molecular formula is C27H34BFN2O5S. The number of nitrogens with two attached hydrogens (primary N) is 1. The van der Waals surface area contributed by atoms with E-state index < -0.39 is 33.1 Å². The number of halogens is 1. The van der Waals surface area contributed by atoms with Crippen LogP contribution in [0.1, 0.15) is 47.2 Å². The molecule has 2 aromatic carbocycles. The lowest BCUT2D eigenvalue weighted by molar-refractivity contribution is -0.125. The topological polar surface area (TPSA) is 98.9 Å². The summed E-state index contributed by atoms with van der Waals surface area (Å²) >= 11 is 0. The van der Waals surface area contributed by atoms with Gasteiger partial charge in [0, 0.05) is 31.0 Å². The van der Waals surface area contributed by atoms with Gasteiger partial charge in [0.05, 0.1) is 12.5 Å². The number of amides is 2. The van der Waals surface area contributed by atoms with Gasteiger partial charge in [-0.25, -0.2) is 14.4 Å². The Morgan fingerprint density at radius 3 is 2.54 bits per heavy atom. The molecule has 0 spiro atoms. The lowest BCUT2D eigenvalue weighted by atomic mass is 9.71. The van der Waals surface area contributed by atoms with Crippen molar-refractivity contribution in [3.05, 3.63) is 58.9 Å². The minimum atomic E-state index is -1.82. The Balaban J connectivity index is 1.72. The number of hydrogen-bond donors (Lipinski definition) is 1. The fourth-order valence-electron chi connectivity index (χ4n) is 4.28. The molecule has 1 aliphatic heterocycles. The number of primary amides is 1. The second-order valence-electron chi connectivity index (χ2n) is 10.1. The zero-order valence-corrected chi connectivity index (χ0v) is 22.7. The van der Waals surface area contributed by atoms with E-state index in [0.29, 0.717) is 28.9 Å². The number of rotatable bonds is 13. The molecule has 37 heavy (non-hydrogen) atoms. The van der Waals surface area contributed by atoms with Crippen molar-refractivity contribution in [1.29, 1.82) is 0 Å². The van der Waals surface area contributed by atoms with E-state index in [4.69, 9.17) is 23.1 Å². The van der Waals surface area contributed by atoms with E-state index in [1.54, 1.807) is 24.3 Å². The zero-order valence-electron chi connectivity index (χ0n) is 21.8. The van der Waals surface area contributed by atoms with Crippen molar-refractivity contribution in [2.24, 2.45) is 5.73 Å². The summed E-state index contributed by atoms with van der Waals surface area (Å²) < 4.78 is 25.0. The van der Waals surface area contributed by atoms with Crippen LogP contribution in [0.3, 0.4) is 0 Å². The number of ether oxygens (including phenoxy) is 2. The number of methoxy groups -OCH3 is 1. The molecule has 2 radical (unpaired) electrons. The molecule has 2 aromatic rings. The summed E-state index contributed by atoms with van der Waals surface area (Å²) in [6.45, 7) is 0.0236. The molecule has 3 rings (SSSR count). The van der Waals surface area contributed by atoms with Gasteiger partial charge >= 0.3 is 0 Å². The first kappa shape index (κ1) is 28.6. The minimum Gasteiger partial charge on any atom is -0.497 e. The molecule has 1 atom stereocenters. The van der Waals surface area contributed by atoms with Gasteiger partial charge in [0.2, 0.25) is 5.91 Å². The van der Waals surface area contributed by atoms with Crippen molar-refractivity contribution in [3.63, 3.8) is 0 Å². The number of hydrogen-bond acceptors (Lipinski definition) is 5. The molecule has 1 unspecified atom stereocenters. The maximum Gasteiger partial charge on any atom is 0.254 e. The summed E-state index contributed by atoms with van der Waals surface area (Å²) in [5.74, 6) is -0.528. The van der Waals surface area contributed by atoms with Gasteiger partial charge in [0.15, 0.2) is 11.6 Å². The van der Waals surface area contributed by atoms with Crippen LogP contribution in [0.2, 0.25) is 0 Å². The lowest BCUT2D eigenvalue weighted by Crippen LogP contribution is -2.58. The molecule has 1 aliphatic rings. The van der Waals surface area contributed by atoms with Gasteiger partial charge < -0.3 is 20.1 Å². The van der Waals surface area contributed by atoms with Crippen molar-refractivity contribution in [3.8, 4) is 11.5 Å². The Morgan fingerprint density at radius 1 is 1.19 bits per heavy atom. The molecule has 2 amide bonds. The molecule has 0 fully saturated rings. The van der Waals surface area contributed by atoms with Crippen LogP contribution in [0, 0.1) is 5.82 Å². The van der Waals surface area contributed by atoms with Crippen LogP contribution in [-0.4, -0.2) is 67.4 Å². The van der Waals surface area contributed by atoms with Crippen LogP contribution >= 0.6 is 10.0 Å². The van der Waals surface area contributed by atoms with Crippen molar-refractivity contribution < 1.29 is 28.2 Å². The smallest absolute Gasteiger partial charge is 0.254 e. The molecule has 1 heterocycles. The normalized spacial score (nSPS) is 15.2. The Hall–Kier alpha value is -3.01. The minimum absolute atomic E-state index is 0.00403. The van der Waals surface area contributed by atoms with Gasteiger partial charge in [-0.1, -0.05) is 12.1 Å². The zero-order chi connectivity index (χ0) is 27.4. The number of benzene rings is 2. The second-order valence-corrected chi connectivity index (χ2v) is 14.7. The van der Waals surface area contributed by atoms with Crippen LogP contribution < -0.4 is 15.2 Å². The molecule has 0 bridgehead atoms. The highest BCUT2D eigenvalue weighted by Gasteiger charge is 2.44. The predicted molar refractivity (Wildman–Crippen MR) is 145 cm³/mol. The first-order chi connectivity index (χ1) is 17.4. The number of fused-ring (bicyclic) bond motifs is 1. The van der Waals surface area contributed by atoms with Gasteiger partial charge in [-0.15, -0.1) is 0 Å². The van der Waals surface area contributed by atoms with Crippen LogP contribution in [-0.2, 0) is 22.7 Å². The molecular weight excluding hydrogens is 494 g/mol. The van der Waals surface area contributed by atoms with Crippen LogP contribution in [0.5, 0.6) is 11.5 Å². The Morgan fingerprint density at radius 2 is 1.92 bits per heavy atom. The summed E-state index contributed by atoms with van der Waals surface area (Å²) in [6.07, 6.45) is 7.74. The predicted octanol–water partition coefficient (Wildman–Crippen LogP) is 3.54. The van der Waals surface area contributed by atoms with Crippen molar-refractivity contribution >= 4 is 35.5 Å². The fourth-order valence-corrected chi connectivity index (χ4v) is 5.29. The number of ketones is 1. The first-order valence-electron chi connectivity index (χ1n) is 12.0. The number of Topliss-reactive ketones (excluding diaryl/α,β-unsaturated/α-hetero) is 1. The third-order valence-electron chi connectivity index (χ3n) is 6.49. The number of carbonyl (C=O) groups is 3. The van der Waals surface area contributed by atoms with E-state index in [1.807, 2.05) is 0 Å².